The van der Waals surface area contributed by atoms with E-state index in [1.165, 1.54) is 10.9 Å². The second-order valence-electron chi connectivity index (χ2n) is 5.22. The van der Waals surface area contributed by atoms with Crippen LogP contribution in [0.1, 0.15) is 24.5 Å². The van der Waals surface area contributed by atoms with E-state index in [-0.39, 0.29) is 0 Å². The fourth-order valence-corrected chi connectivity index (χ4v) is 2.42. The molecule has 0 atom stereocenters. The fourth-order valence-electron chi connectivity index (χ4n) is 2.42. The first-order valence-electron chi connectivity index (χ1n) is 7.33. The largest absolute Gasteiger partial charge is 0.508 e. The van der Waals surface area contributed by atoms with Crippen LogP contribution < -0.4 is 5.32 Å². The van der Waals surface area contributed by atoms with Gasteiger partial charge in [-0.3, -0.25) is 0 Å². The van der Waals surface area contributed by atoms with Gasteiger partial charge in [0.25, 0.3) is 0 Å². The van der Waals surface area contributed by atoms with Gasteiger partial charge in [0, 0.05) is 19.5 Å². The summed E-state index contributed by atoms with van der Waals surface area (Å²) in [5.41, 5.74) is 2.33. The first-order valence-corrected chi connectivity index (χ1v) is 7.33. The highest BCUT2D eigenvalue weighted by Crippen LogP contribution is 2.25. The van der Waals surface area contributed by atoms with Crippen LogP contribution in [0, 0.1) is 6.92 Å². The van der Waals surface area contributed by atoms with E-state index in [2.05, 4.69) is 30.1 Å². The van der Waals surface area contributed by atoms with E-state index < -0.39 is 0 Å². The Morgan fingerprint density at radius 1 is 1.29 bits per heavy atom. The van der Waals surface area contributed by atoms with Crippen LogP contribution in [0.3, 0.4) is 0 Å². The Kier molecular flexibility index (Phi) is 5.23. The summed E-state index contributed by atoms with van der Waals surface area (Å²) in [5.74, 6) is 1.15. The molecule has 112 valence electrons. The molecule has 0 spiro atoms. The molecule has 0 aromatic heterocycles. The zero-order chi connectivity index (χ0) is 15.2. The van der Waals surface area contributed by atoms with E-state index in [4.69, 9.17) is 4.74 Å². The van der Waals surface area contributed by atoms with E-state index in [0.29, 0.717) is 12.4 Å². The Hall–Kier alpha value is -2.00. The molecule has 0 radical (unpaired) electrons. The number of nitrogens with one attached hydrogen (secondary N) is 1. The van der Waals surface area contributed by atoms with Gasteiger partial charge in [0.2, 0.25) is 0 Å². The second-order valence-corrected chi connectivity index (χ2v) is 5.22. The molecule has 21 heavy (non-hydrogen) atoms. The van der Waals surface area contributed by atoms with Gasteiger partial charge in [-0.25, -0.2) is 0 Å². The number of fused-ring (bicyclic) bond motifs is 1. The molecule has 0 fully saturated rings. The molecular formula is C18H23NO2. The third-order valence-corrected chi connectivity index (χ3v) is 3.47. The number of hydrogen-bond donors (Lipinski definition) is 2. The molecule has 0 amide bonds. The van der Waals surface area contributed by atoms with Gasteiger partial charge in [-0.2, -0.15) is 0 Å². The Bertz CT molecular complexity index is 634. The molecule has 0 aliphatic heterocycles. The first kappa shape index (κ1) is 15.4. The van der Waals surface area contributed by atoms with Gasteiger partial charge >= 0.3 is 0 Å². The number of aromatic hydroxyl groups is 1. The highest BCUT2D eigenvalue weighted by molar-refractivity contribution is 5.87. The lowest BCUT2D eigenvalue weighted by Crippen LogP contribution is -2.15. The minimum absolute atomic E-state index is 0.320. The molecule has 0 unspecified atom stereocenters. The van der Waals surface area contributed by atoms with E-state index in [0.717, 1.165) is 36.2 Å². The van der Waals surface area contributed by atoms with Gasteiger partial charge in [0.15, 0.2) is 0 Å². The average Bonchev–Trinajstić information content (AvgIpc) is 2.44. The third-order valence-electron chi connectivity index (χ3n) is 3.47. The van der Waals surface area contributed by atoms with Gasteiger partial charge in [-0.1, -0.05) is 18.7 Å². The SMILES string of the molecule is C=C(CCNCc1ccc2cc(O)cc(C)c2c1)OCC. The highest BCUT2D eigenvalue weighted by Gasteiger charge is 2.02. The lowest BCUT2D eigenvalue weighted by molar-refractivity contribution is 0.219. The van der Waals surface area contributed by atoms with Crippen LogP contribution in [0.25, 0.3) is 10.8 Å². The second kappa shape index (κ2) is 7.14. The Morgan fingerprint density at radius 3 is 2.86 bits per heavy atom. The van der Waals surface area contributed by atoms with Crippen molar-refractivity contribution in [2.24, 2.45) is 0 Å². The quantitative estimate of drug-likeness (QED) is 0.599. The Morgan fingerprint density at radius 2 is 2.10 bits per heavy atom. The maximum Gasteiger partial charge on any atom is 0.116 e. The molecule has 0 saturated heterocycles. The normalized spacial score (nSPS) is 10.8. The maximum atomic E-state index is 9.62. The molecule has 0 aliphatic rings. The summed E-state index contributed by atoms with van der Waals surface area (Å²) in [6.45, 7) is 10.2. The molecular weight excluding hydrogens is 262 g/mol. The lowest BCUT2D eigenvalue weighted by Gasteiger charge is -2.10. The van der Waals surface area contributed by atoms with E-state index in [1.54, 1.807) is 12.1 Å². The molecule has 0 aliphatic carbocycles. The monoisotopic (exact) mass is 285 g/mol. The summed E-state index contributed by atoms with van der Waals surface area (Å²) >= 11 is 0. The van der Waals surface area contributed by atoms with Crippen molar-refractivity contribution in [2.75, 3.05) is 13.2 Å². The van der Waals surface area contributed by atoms with E-state index >= 15 is 0 Å². The van der Waals surface area contributed by atoms with Crippen LogP contribution in [-0.4, -0.2) is 18.3 Å². The smallest absolute Gasteiger partial charge is 0.116 e. The van der Waals surface area contributed by atoms with Crippen molar-refractivity contribution in [3.8, 4) is 5.75 Å². The summed E-state index contributed by atoms with van der Waals surface area (Å²) in [7, 11) is 0. The number of phenolic OH excluding ortho intramolecular Hbond substituents is 1. The van der Waals surface area contributed by atoms with Crippen molar-refractivity contribution >= 4 is 10.8 Å². The summed E-state index contributed by atoms with van der Waals surface area (Å²) < 4.78 is 5.32. The van der Waals surface area contributed by atoms with Gasteiger partial charge in [0.1, 0.15) is 5.75 Å². The highest BCUT2D eigenvalue weighted by atomic mass is 16.5. The number of aryl methyl sites for hydroxylation is 1. The Labute approximate surface area is 126 Å². The molecule has 0 saturated carbocycles. The zero-order valence-corrected chi connectivity index (χ0v) is 12.8. The van der Waals surface area contributed by atoms with Crippen molar-refractivity contribution in [1.82, 2.24) is 5.32 Å². The standard InChI is InChI=1S/C18H23NO2/c1-4-21-14(3)7-8-19-12-15-5-6-16-11-17(20)9-13(2)18(16)10-15/h5-6,9-11,19-20H,3-4,7-8,12H2,1-2H3. The summed E-state index contributed by atoms with van der Waals surface area (Å²) in [6.07, 6.45) is 0.828. The van der Waals surface area contributed by atoms with Crippen molar-refractivity contribution in [3.63, 3.8) is 0 Å². The van der Waals surface area contributed by atoms with Gasteiger partial charge in [0.05, 0.1) is 12.4 Å². The Balaban J connectivity index is 1.95. The van der Waals surface area contributed by atoms with Gasteiger partial charge < -0.3 is 15.2 Å². The fraction of sp³-hybridized carbons (Fsp3) is 0.333. The average molecular weight is 285 g/mol. The predicted molar refractivity (Wildman–Crippen MR) is 87.4 cm³/mol. The van der Waals surface area contributed by atoms with Crippen LogP contribution in [0.4, 0.5) is 0 Å². The summed E-state index contributed by atoms with van der Waals surface area (Å²) in [6, 6.07) is 9.91. The van der Waals surface area contributed by atoms with Crippen LogP contribution in [0.15, 0.2) is 42.7 Å². The van der Waals surface area contributed by atoms with Crippen LogP contribution in [-0.2, 0) is 11.3 Å². The molecule has 2 aromatic rings. The topological polar surface area (TPSA) is 41.5 Å². The molecule has 3 heteroatoms. The first-order chi connectivity index (χ1) is 10.1. The molecule has 2 aromatic carbocycles. The number of benzene rings is 2. The summed E-state index contributed by atoms with van der Waals surface area (Å²) in [5, 5.41) is 15.3. The minimum Gasteiger partial charge on any atom is -0.508 e. The van der Waals surface area contributed by atoms with Crippen molar-refractivity contribution < 1.29 is 9.84 Å². The third kappa shape index (κ3) is 4.23. The predicted octanol–water partition coefficient (Wildman–Crippen LogP) is 3.88. The maximum absolute atomic E-state index is 9.62. The van der Waals surface area contributed by atoms with Crippen molar-refractivity contribution in [3.05, 3.63) is 53.8 Å². The molecule has 0 bridgehead atoms. The van der Waals surface area contributed by atoms with E-state index in [1.807, 2.05) is 13.8 Å². The molecule has 2 N–H and O–H groups in total. The molecule has 2 rings (SSSR count). The molecule has 0 heterocycles. The molecule has 3 nitrogen and oxygen atoms in total. The number of phenols is 1. The zero-order valence-electron chi connectivity index (χ0n) is 12.8. The van der Waals surface area contributed by atoms with Crippen molar-refractivity contribution in [1.29, 1.82) is 0 Å². The van der Waals surface area contributed by atoms with Crippen LogP contribution in [0.5, 0.6) is 5.75 Å². The number of rotatable bonds is 7. The number of ether oxygens (including phenoxy) is 1. The minimum atomic E-state index is 0.320. The van der Waals surface area contributed by atoms with Crippen LogP contribution >= 0.6 is 0 Å². The van der Waals surface area contributed by atoms with Crippen LogP contribution in [0.2, 0.25) is 0 Å². The van der Waals surface area contributed by atoms with E-state index in [9.17, 15) is 5.11 Å². The van der Waals surface area contributed by atoms with Crippen molar-refractivity contribution in [2.45, 2.75) is 26.8 Å². The van der Waals surface area contributed by atoms with Gasteiger partial charge in [-0.15, -0.1) is 0 Å². The lowest BCUT2D eigenvalue weighted by atomic mass is 10.0. The summed E-state index contributed by atoms with van der Waals surface area (Å²) in [4.78, 5) is 0. The van der Waals surface area contributed by atoms with Gasteiger partial charge in [-0.05, 0) is 53.9 Å². The number of hydrogen-bond acceptors (Lipinski definition) is 3.